The van der Waals surface area contributed by atoms with Gasteiger partial charge in [-0.05, 0) is 26.2 Å². The molecule has 0 fully saturated rings. The highest BCUT2D eigenvalue weighted by Crippen LogP contribution is 2.30. The van der Waals surface area contributed by atoms with E-state index in [1.54, 1.807) is 0 Å². The molecule has 1 aromatic rings. The molecule has 0 aliphatic carbocycles. The largest absolute Gasteiger partial charge is 0.332 e. The Labute approximate surface area is 259 Å². The zero-order valence-corrected chi connectivity index (χ0v) is 28.9. The molecule has 0 saturated heterocycles. The van der Waals surface area contributed by atoms with Gasteiger partial charge in [0.1, 0.15) is 5.82 Å². The van der Waals surface area contributed by atoms with E-state index in [1.807, 2.05) is 0 Å². The molecule has 1 heterocycles. The number of nitrogens with zero attached hydrogens (tertiary/aromatic N) is 2. The summed E-state index contributed by atoms with van der Waals surface area (Å²) in [6.07, 6.45) is 46.8. The van der Waals surface area contributed by atoms with Crippen LogP contribution in [0.25, 0.3) is 0 Å². The van der Waals surface area contributed by atoms with Gasteiger partial charge >= 0.3 is 0 Å². The molecule has 0 aromatic carbocycles. The number of hydrogen-bond acceptors (Lipinski definition) is 1. The van der Waals surface area contributed by atoms with Gasteiger partial charge in [0.15, 0.2) is 0 Å². The average Bonchev–Trinajstić information content (AvgIpc) is 3.47. The maximum atomic E-state index is 4.98. The van der Waals surface area contributed by atoms with Crippen LogP contribution in [-0.2, 0) is 0 Å². The first-order chi connectivity index (χ1) is 20.2. The summed E-state index contributed by atoms with van der Waals surface area (Å²) in [7, 11) is 0. The van der Waals surface area contributed by atoms with Crippen LogP contribution in [0.5, 0.6) is 0 Å². The minimum atomic E-state index is 0.588. The van der Waals surface area contributed by atoms with Crippen molar-refractivity contribution in [3.05, 3.63) is 18.2 Å². The molecule has 242 valence electrons. The number of unbranched alkanes of at least 4 members (excludes halogenated alkanes) is 24. The van der Waals surface area contributed by atoms with Crippen LogP contribution >= 0.6 is 0 Å². The lowest BCUT2D eigenvalue weighted by Gasteiger charge is -2.22. The first kappa shape index (κ1) is 38.2. The van der Waals surface area contributed by atoms with Gasteiger partial charge < -0.3 is 4.57 Å². The molecule has 0 aliphatic rings. The molecular weight excluding hydrogens is 496 g/mol. The molecule has 0 N–H and O–H groups in total. The standard InChI is InChI=1S/C39H76N2/c1-5-8-11-13-15-17-19-21-23-25-27-30-33-38(39-40-35-36-41(39)37(4)32-29-10-7-3)34-31-28-26-24-22-20-18-16-14-12-9-6-2/h35-38H,5-34H2,1-4H3. The van der Waals surface area contributed by atoms with Gasteiger partial charge in [0.25, 0.3) is 0 Å². The number of hydrogen-bond donors (Lipinski definition) is 0. The van der Waals surface area contributed by atoms with Crippen LogP contribution in [0.2, 0.25) is 0 Å². The molecule has 1 aromatic heterocycles. The Kier molecular flexibility index (Phi) is 27.3. The van der Waals surface area contributed by atoms with Gasteiger partial charge in [0.05, 0.1) is 0 Å². The maximum Gasteiger partial charge on any atom is 0.111 e. The van der Waals surface area contributed by atoms with Crippen molar-refractivity contribution in [2.75, 3.05) is 0 Å². The maximum absolute atomic E-state index is 4.98. The SMILES string of the molecule is CCCCCCCCCCCCCCC(CCCCCCCCCCCCCC)c1nccn1C(C)CCCCC. The van der Waals surface area contributed by atoms with Crippen LogP contribution in [0.1, 0.15) is 238 Å². The predicted octanol–water partition coefficient (Wildman–Crippen LogP) is 14.3. The Morgan fingerprint density at radius 2 is 0.780 bits per heavy atom. The molecule has 0 saturated carbocycles. The summed E-state index contributed by atoms with van der Waals surface area (Å²) >= 11 is 0. The Morgan fingerprint density at radius 3 is 1.17 bits per heavy atom. The summed E-state index contributed by atoms with van der Waals surface area (Å²) in [5, 5.41) is 0. The number of rotatable bonds is 32. The van der Waals surface area contributed by atoms with Gasteiger partial charge in [-0.1, -0.05) is 194 Å². The van der Waals surface area contributed by atoms with E-state index < -0.39 is 0 Å². The molecule has 1 unspecified atom stereocenters. The van der Waals surface area contributed by atoms with Crippen molar-refractivity contribution >= 4 is 0 Å². The second kappa shape index (κ2) is 29.3. The summed E-state index contributed by atoms with van der Waals surface area (Å²) in [6, 6.07) is 0.588. The minimum absolute atomic E-state index is 0.588. The van der Waals surface area contributed by atoms with Crippen molar-refractivity contribution in [3.63, 3.8) is 0 Å². The zero-order valence-electron chi connectivity index (χ0n) is 28.9. The lowest BCUT2D eigenvalue weighted by atomic mass is 9.92. The van der Waals surface area contributed by atoms with E-state index in [2.05, 4.69) is 44.7 Å². The fourth-order valence-electron chi connectivity index (χ4n) is 6.71. The van der Waals surface area contributed by atoms with Crippen LogP contribution in [0.15, 0.2) is 12.4 Å². The fourth-order valence-corrected chi connectivity index (χ4v) is 6.71. The van der Waals surface area contributed by atoms with Crippen molar-refractivity contribution in [3.8, 4) is 0 Å². The van der Waals surface area contributed by atoms with E-state index in [-0.39, 0.29) is 0 Å². The minimum Gasteiger partial charge on any atom is -0.332 e. The molecule has 1 atom stereocenters. The van der Waals surface area contributed by atoms with E-state index in [4.69, 9.17) is 4.98 Å². The van der Waals surface area contributed by atoms with E-state index in [1.165, 1.54) is 198 Å². The summed E-state index contributed by atoms with van der Waals surface area (Å²) in [4.78, 5) is 4.98. The van der Waals surface area contributed by atoms with Crippen LogP contribution < -0.4 is 0 Å². The van der Waals surface area contributed by atoms with Crippen LogP contribution in [0.4, 0.5) is 0 Å². The molecule has 2 heteroatoms. The molecular formula is C39H76N2. The lowest BCUT2D eigenvalue weighted by molar-refractivity contribution is 0.414. The molecule has 0 spiro atoms. The van der Waals surface area contributed by atoms with E-state index in [0.717, 1.165) is 0 Å². The summed E-state index contributed by atoms with van der Waals surface area (Å²) in [5.41, 5.74) is 0. The van der Waals surface area contributed by atoms with Crippen molar-refractivity contribution in [1.82, 2.24) is 9.55 Å². The fraction of sp³-hybridized carbons (Fsp3) is 0.923. The first-order valence-corrected chi connectivity index (χ1v) is 19.3. The molecule has 2 nitrogen and oxygen atoms in total. The van der Waals surface area contributed by atoms with Crippen LogP contribution in [0, 0.1) is 0 Å². The van der Waals surface area contributed by atoms with E-state index in [0.29, 0.717) is 12.0 Å². The summed E-state index contributed by atoms with van der Waals surface area (Å²) in [6.45, 7) is 9.36. The van der Waals surface area contributed by atoms with E-state index in [9.17, 15) is 0 Å². The number of imidazole rings is 1. The highest BCUT2D eigenvalue weighted by atomic mass is 15.1. The summed E-state index contributed by atoms with van der Waals surface area (Å²) < 4.78 is 2.56. The Bertz CT molecular complexity index is 607. The van der Waals surface area contributed by atoms with Gasteiger partial charge in [-0.2, -0.15) is 0 Å². The highest BCUT2D eigenvalue weighted by molar-refractivity contribution is 5.02. The van der Waals surface area contributed by atoms with E-state index >= 15 is 0 Å². The Hall–Kier alpha value is -0.790. The van der Waals surface area contributed by atoms with Crippen molar-refractivity contribution in [2.24, 2.45) is 0 Å². The molecule has 0 bridgehead atoms. The van der Waals surface area contributed by atoms with Crippen molar-refractivity contribution < 1.29 is 0 Å². The smallest absolute Gasteiger partial charge is 0.111 e. The van der Waals surface area contributed by atoms with Crippen LogP contribution in [0.3, 0.4) is 0 Å². The molecule has 0 radical (unpaired) electrons. The lowest BCUT2D eigenvalue weighted by Crippen LogP contribution is -2.13. The third-order valence-electron chi connectivity index (χ3n) is 9.58. The number of aromatic nitrogens is 2. The monoisotopic (exact) mass is 573 g/mol. The van der Waals surface area contributed by atoms with Crippen molar-refractivity contribution in [1.29, 1.82) is 0 Å². The second-order valence-electron chi connectivity index (χ2n) is 13.6. The average molecular weight is 573 g/mol. The molecule has 0 amide bonds. The molecule has 41 heavy (non-hydrogen) atoms. The third-order valence-corrected chi connectivity index (χ3v) is 9.58. The molecule has 0 aliphatic heterocycles. The van der Waals surface area contributed by atoms with Crippen LogP contribution in [-0.4, -0.2) is 9.55 Å². The second-order valence-corrected chi connectivity index (χ2v) is 13.6. The zero-order chi connectivity index (χ0) is 29.6. The summed E-state index contributed by atoms with van der Waals surface area (Å²) in [5.74, 6) is 2.06. The predicted molar refractivity (Wildman–Crippen MR) is 185 cm³/mol. The first-order valence-electron chi connectivity index (χ1n) is 19.3. The van der Waals surface area contributed by atoms with Gasteiger partial charge in [0, 0.05) is 24.4 Å². The Balaban J connectivity index is 2.35. The van der Waals surface area contributed by atoms with Gasteiger partial charge in [-0.25, -0.2) is 4.98 Å². The Morgan fingerprint density at radius 1 is 0.463 bits per heavy atom. The van der Waals surface area contributed by atoms with Crippen molar-refractivity contribution in [2.45, 2.75) is 232 Å². The normalized spacial score (nSPS) is 12.5. The quantitative estimate of drug-likeness (QED) is 0.0785. The van der Waals surface area contributed by atoms with Gasteiger partial charge in [-0.15, -0.1) is 0 Å². The van der Waals surface area contributed by atoms with Gasteiger partial charge in [0.2, 0.25) is 0 Å². The highest BCUT2D eigenvalue weighted by Gasteiger charge is 2.19. The molecule has 1 rings (SSSR count). The van der Waals surface area contributed by atoms with Gasteiger partial charge in [-0.3, -0.25) is 0 Å². The third kappa shape index (κ3) is 21.5. The topological polar surface area (TPSA) is 17.8 Å².